The normalized spacial score (nSPS) is 30.2. The molecule has 1 aromatic heterocycles. The number of para-hydroxylation sites is 2. The van der Waals surface area contributed by atoms with Gasteiger partial charge in [-0.3, -0.25) is 19.3 Å². The fraction of sp³-hybridized carbons (Fsp3) is 0.645. The molecule has 2 aromatic rings. The first kappa shape index (κ1) is 27.9. The molecule has 220 valence electrons. The summed E-state index contributed by atoms with van der Waals surface area (Å²) in [5.74, 6) is 0.0111. The quantitative estimate of drug-likeness (QED) is 0.347. The fourth-order valence-corrected chi connectivity index (χ4v) is 8.45. The zero-order chi connectivity index (χ0) is 28.5. The van der Waals surface area contributed by atoms with Gasteiger partial charge in [0.25, 0.3) is 11.5 Å². The van der Waals surface area contributed by atoms with E-state index in [1.54, 1.807) is 0 Å². The number of fused-ring (bicyclic) bond motifs is 5. The Balaban J connectivity index is 1.34. The number of carboxylic acids is 1. The molecular formula is C31H41N5O5. The maximum Gasteiger partial charge on any atom is 0.303 e. The summed E-state index contributed by atoms with van der Waals surface area (Å²) in [7, 11) is 0. The Morgan fingerprint density at radius 3 is 2.29 bits per heavy atom. The lowest BCUT2D eigenvalue weighted by Gasteiger charge is -2.55. The third-order valence-electron chi connectivity index (χ3n) is 9.92. The smallest absolute Gasteiger partial charge is 0.303 e. The lowest BCUT2D eigenvalue weighted by atomic mass is 9.68. The van der Waals surface area contributed by atoms with Gasteiger partial charge in [-0.25, -0.2) is 4.98 Å². The lowest BCUT2D eigenvalue weighted by molar-refractivity contribution is -0.136. The number of benzene rings is 1. The van der Waals surface area contributed by atoms with Gasteiger partial charge in [-0.05, 0) is 68.9 Å². The third kappa shape index (κ3) is 5.89. The van der Waals surface area contributed by atoms with Crippen LogP contribution >= 0.6 is 0 Å². The molecule has 2 aliphatic carbocycles. The van der Waals surface area contributed by atoms with E-state index < -0.39 is 18.5 Å². The number of carbonyl (C=O) groups is 2. The highest BCUT2D eigenvalue weighted by Gasteiger charge is 2.45. The average molecular weight is 564 g/mol. The molecule has 4 fully saturated rings. The minimum Gasteiger partial charge on any atom is -0.481 e. The summed E-state index contributed by atoms with van der Waals surface area (Å²) in [5, 5.41) is 13.3. The SMILES string of the molecule is NC(=O)CO/N=C(\CCC(=O)O)c1nc2ccccc2n([C@H]2C[C@H]3CCC[C@@H](C2)N3C2CC3CCCC(C3)C2)c1=O. The van der Waals surface area contributed by atoms with Crippen molar-refractivity contribution in [1.82, 2.24) is 14.5 Å². The highest BCUT2D eigenvalue weighted by molar-refractivity contribution is 6.00. The molecule has 3 N–H and O–H groups in total. The Morgan fingerprint density at radius 1 is 0.927 bits per heavy atom. The summed E-state index contributed by atoms with van der Waals surface area (Å²) in [6.07, 6.45) is 13.3. The van der Waals surface area contributed by atoms with Crippen LogP contribution < -0.4 is 11.3 Å². The summed E-state index contributed by atoms with van der Waals surface area (Å²) in [4.78, 5) is 49.4. The Labute approximate surface area is 239 Å². The molecule has 3 heterocycles. The van der Waals surface area contributed by atoms with Crippen molar-refractivity contribution >= 4 is 28.6 Å². The van der Waals surface area contributed by atoms with Gasteiger partial charge in [0.2, 0.25) is 0 Å². The average Bonchev–Trinajstić information content (AvgIpc) is 2.93. The molecular weight excluding hydrogens is 522 g/mol. The topological polar surface area (TPSA) is 140 Å². The summed E-state index contributed by atoms with van der Waals surface area (Å²) >= 11 is 0. The van der Waals surface area contributed by atoms with Crippen LogP contribution in [0.15, 0.2) is 34.2 Å². The van der Waals surface area contributed by atoms with Gasteiger partial charge >= 0.3 is 5.97 Å². The molecule has 0 spiro atoms. The highest BCUT2D eigenvalue weighted by Crippen LogP contribution is 2.47. The summed E-state index contributed by atoms with van der Waals surface area (Å²) in [6, 6.07) is 9.19. The summed E-state index contributed by atoms with van der Waals surface area (Å²) in [6.45, 7) is -0.469. The van der Waals surface area contributed by atoms with Crippen LogP contribution in [-0.4, -0.2) is 61.9 Å². The molecule has 5 atom stereocenters. The number of amides is 1. The van der Waals surface area contributed by atoms with Crippen LogP contribution in [0.4, 0.5) is 0 Å². The summed E-state index contributed by atoms with van der Waals surface area (Å²) in [5.41, 5.74) is 6.51. The largest absolute Gasteiger partial charge is 0.481 e. The van der Waals surface area contributed by atoms with Crippen molar-refractivity contribution in [3.63, 3.8) is 0 Å². The van der Waals surface area contributed by atoms with E-state index in [4.69, 9.17) is 10.6 Å². The lowest BCUT2D eigenvalue weighted by Crippen LogP contribution is -2.58. The number of aliphatic carboxylic acids is 1. The van der Waals surface area contributed by atoms with Crippen LogP contribution in [0, 0.1) is 11.8 Å². The van der Waals surface area contributed by atoms with E-state index in [2.05, 4.69) is 15.0 Å². The van der Waals surface area contributed by atoms with E-state index in [0.29, 0.717) is 23.6 Å². The van der Waals surface area contributed by atoms with Crippen LogP contribution in [0.5, 0.6) is 0 Å². The molecule has 41 heavy (non-hydrogen) atoms. The van der Waals surface area contributed by atoms with Gasteiger partial charge in [0, 0.05) is 30.6 Å². The molecule has 4 aliphatic rings. The zero-order valence-electron chi connectivity index (χ0n) is 23.6. The van der Waals surface area contributed by atoms with Crippen LogP contribution in [0.3, 0.4) is 0 Å². The summed E-state index contributed by atoms with van der Waals surface area (Å²) < 4.78 is 1.89. The predicted octanol–water partition coefficient (Wildman–Crippen LogP) is 3.99. The van der Waals surface area contributed by atoms with Crippen molar-refractivity contribution in [2.24, 2.45) is 22.7 Å². The Kier molecular flexibility index (Phi) is 8.10. The van der Waals surface area contributed by atoms with Gasteiger partial charge in [-0.15, -0.1) is 0 Å². The molecule has 10 nitrogen and oxygen atoms in total. The van der Waals surface area contributed by atoms with E-state index in [1.165, 1.54) is 44.9 Å². The van der Waals surface area contributed by atoms with E-state index in [9.17, 15) is 19.5 Å². The molecule has 1 aromatic carbocycles. The van der Waals surface area contributed by atoms with Gasteiger partial charge in [0.15, 0.2) is 12.3 Å². The fourth-order valence-electron chi connectivity index (χ4n) is 8.45. The Bertz CT molecular complexity index is 1360. The van der Waals surface area contributed by atoms with Crippen molar-refractivity contribution < 1.29 is 19.5 Å². The number of aromatic nitrogens is 2. The molecule has 6 rings (SSSR count). The molecule has 2 unspecified atom stereocenters. The number of oxime groups is 1. The van der Waals surface area contributed by atoms with Crippen LogP contribution in [0.1, 0.15) is 95.2 Å². The van der Waals surface area contributed by atoms with E-state index in [-0.39, 0.29) is 35.8 Å². The molecule has 10 heteroatoms. The molecule has 0 radical (unpaired) electrons. The van der Waals surface area contributed by atoms with Gasteiger partial charge in [0.05, 0.1) is 17.5 Å². The van der Waals surface area contributed by atoms with Crippen molar-refractivity contribution in [3.05, 3.63) is 40.3 Å². The number of piperidine rings is 2. The minimum atomic E-state index is -1.03. The predicted molar refractivity (Wildman–Crippen MR) is 155 cm³/mol. The number of rotatable bonds is 9. The van der Waals surface area contributed by atoms with Crippen molar-refractivity contribution in [1.29, 1.82) is 0 Å². The minimum absolute atomic E-state index is 0.0102. The van der Waals surface area contributed by atoms with E-state index in [1.807, 2.05) is 28.8 Å². The number of hydrogen-bond donors (Lipinski definition) is 2. The zero-order valence-corrected chi connectivity index (χ0v) is 23.6. The van der Waals surface area contributed by atoms with Crippen molar-refractivity contribution in [2.75, 3.05) is 6.61 Å². The molecule has 2 aliphatic heterocycles. The van der Waals surface area contributed by atoms with E-state index in [0.717, 1.165) is 43.0 Å². The first-order valence-electron chi connectivity index (χ1n) is 15.4. The Hall–Kier alpha value is -3.27. The Morgan fingerprint density at radius 2 is 1.61 bits per heavy atom. The number of hydrogen-bond acceptors (Lipinski definition) is 7. The van der Waals surface area contributed by atoms with Crippen LogP contribution in [-0.2, 0) is 14.4 Å². The molecule has 2 saturated carbocycles. The van der Waals surface area contributed by atoms with Gasteiger partial charge in [-0.1, -0.05) is 43.0 Å². The number of carboxylic acid groups (broad SMARTS) is 1. The van der Waals surface area contributed by atoms with Crippen LogP contribution in [0.25, 0.3) is 11.0 Å². The van der Waals surface area contributed by atoms with Crippen LogP contribution in [0.2, 0.25) is 0 Å². The van der Waals surface area contributed by atoms with Gasteiger partial charge in [-0.2, -0.15) is 0 Å². The first-order valence-corrected chi connectivity index (χ1v) is 15.4. The van der Waals surface area contributed by atoms with Gasteiger partial charge in [0.1, 0.15) is 5.71 Å². The van der Waals surface area contributed by atoms with E-state index >= 15 is 0 Å². The second-order valence-electron chi connectivity index (χ2n) is 12.6. The maximum absolute atomic E-state index is 14.2. The second kappa shape index (κ2) is 11.9. The van der Waals surface area contributed by atoms with Crippen molar-refractivity contribution in [2.45, 2.75) is 108 Å². The third-order valence-corrected chi connectivity index (χ3v) is 9.92. The maximum atomic E-state index is 14.2. The number of carbonyl (C=O) groups excluding carboxylic acids is 1. The standard InChI is InChI=1S/C31H41N5O5/c32-28(37)18-41-34-26(11-12-29(38)39)30-31(40)36(27-10-2-1-9-25(27)33-30)24-16-21-7-4-8-22(17-24)35(21)23-14-19-5-3-6-20(13-19)15-23/h1-2,9-10,19-24H,3-8,11-18H2,(H2,32,37)(H,38,39)/b34-26+/t19?,20?,21-,22+,23?,24+. The van der Waals surface area contributed by atoms with Gasteiger partial charge < -0.3 is 20.2 Å². The second-order valence-corrected chi connectivity index (χ2v) is 12.6. The monoisotopic (exact) mass is 563 g/mol. The molecule has 1 amide bonds. The molecule has 2 saturated heterocycles. The first-order chi connectivity index (χ1) is 19.9. The highest BCUT2D eigenvalue weighted by atomic mass is 16.6. The number of nitrogens with two attached hydrogens (primary N) is 1. The number of primary amides is 1. The molecule has 4 bridgehead atoms. The number of nitrogens with zero attached hydrogens (tertiary/aromatic N) is 4. The van der Waals surface area contributed by atoms with Crippen molar-refractivity contribution in [3.8, 4) is 0 Å².